The van der Waals surface area contributed by atoms with Crippen LogP contribution in [0.3, 0.4) is 0 Å². The zero-order valence-corrected chi connectivity index (χ0v) is 27.6. The summed E-state index contributed by atoms with van der Waals surface area (Å²) in [4.78, 5) is 0. The molecule has 0 saturated heterocycles. The lowest BCUT2D eigenvalue weighted by Gasteiger charge is -2.09. The van der Waals surface area contributed by atoms with Gasteiger partial charge in [0.25, 0.3) is 0 Å². The van der Waals surface area contributed by atoms with Crippen molar-refractivity contribution in [3.05, 3.63) is 194 Å². The van der Waals surface area contributed by atoms with Crippen LogP contribution < -0.4 is 5.73 Å². The molecule has 0 bridgehead atoms. The number of rotatable bonds is 7. The molecule has 9 rings (SSSR count). The Hall–Kier alpha value is -6.58. The van der Waals surface area contributed by atoms with E-state index in [9.17, 15) is 0 Å². The topological polar surface area (TPSA) is 35.9 Å². The molecule has 238 valence electrons. The average molecular weight is 642 g/mol. The van der Waals surface area contributed by atoms with E-state index in [1.54, 1.807) is 6.20 Å². The molecule has 0 fully saturated rings. The molecule has 2 aromatic heterocycles. The smallest absolute Gasteiger partial charge is 0.0547 e. The van der Waals surface area contributed by atoms with Crippen LogP contribution in [0.2, 0.25) is 0 Å². The molecule has 0 radical (unpaired) electrons. The third-order valence-electron chi connectivity index (χ3n) is 9.88. The summed E-state index contributed by atoms with van der Waals surface area (Å²) in [5.41, 5.74) is 19.1. The van der Waals surface area contributed by atoms with Crippen molar-refractivity contribution >= 4 is 49.2 Å². The molecule has 0 amide bonds. The molecule has 0 spiro atoms. The number of fused-ring (bicyclic) bond motifs is 6. The van der Waals surface area contributed by atoms with E-state index in [2.05, 4.69) is 185 Å². The molecule has 9 aromatic rings. The molecule has 0 aliphatic carbocycles. The minimum atomic E-state index is 0.728. The Kier molecular flexibility index (Phi) is 7.37. The largest absolute Gasteiger partial charge is 0.404 e. The van der Waals surface area contributed by atoms with Crippen LogP contribution in [-0.2, 0) is 6.54 Å². The fraction of sp³-hybridized carbons (Fsp3) is 0.0213. The minimum Gasteiger partial charge on any atom is -0.404 e. The molecule has 0 aliphatic heterocycles. The van der Waals surface area contributed by atoms with Crippen molar-refractivity contribution in [3.8, 4) is 27.9 Å². The Morgan fingerprint density at radius 1 is 0.460 bits per heavy atom. The Morgan fingerprint density at radius 2 is 1.02 bits per heavy atom. The van der Waals surface area contributed by atoms with E-state index in [0.717, 1.165) is 17.7 Å². The van der Waals surface area contributed by atoms with Crippen molar-refractivity contribution in [2.75, 3.05) is 0 Å². The van der Waals surface area contributed by atoms with E-state index >= 15 is 0 Å². The Labute approximate surface area is 291 Å². The van der Waals surface area contributed by atoms with Gasteiger partial charge in [0.1, 0.15) is 0 Å². The normalized spacial score (nSPS) is 12.2. The van der Waals surface area contributed by atoms with E-state index in [0.29, 0.717) is 0 Å². The Morgan fingerprint density at radius 3 is 1.78 bits per heavy atom. The lowest BCUT2D eigenvalue weighted by molar-refractivity contribution is 0.899. The highest BCUT2D eigenvalue weighted by atomic mass is 15.0. The van der Waals surface area contributed by atoms with Gasteiger partial charge in [-0.25, -0.2) is 0 Å². The van der Waals surface area contributed by atoms with Crippen molar-refractivity contribution in [1.29, 1.82) is 0 Å². The standard InChI is InChI=1S/C47H35N3/c48-32-38(35-23-21-34(22-24-35)33-12-3-1-4-13-33)14-11-29-49-44-19-9-7-18-41(44)43-30-36(26-28-45(43)49)37-25-27-42-40-17-8-10-20-46(40)50(47(42)31-37)39-15-5-2-6-16-39/h1-28,30-32H,29,48H2/b14-11-,38-32+. The zero-order chi connectivity index (χ0) is 33.4. The first-order valence-electron chi connectivity index (χ1n) is 17.1. The monoisotopic (exact) mass is 641 g/mol. The lowest BCUT2D eigenvalue weighted by Crippen LogP contribution is -1.95. The second-order valence-corrected chi connectivity index (χ2v) is 12.7. The van der Waals surface area contributed by atoms with Crippen LogP contribution in [0.15, 0.2) is 188 Å². The van der Waals surface area contributed by atoms with Crippen molar-refractivity contribution < 1.29 is 0 Å². The summed E-state index contributed by atoms with van der Waals surface area (Å²) in [5.74, 6) is 0. The van der Waals surface area contributed by atoms with Crippen LogP contribution >= 0.6 is 0 Å². The van der Waals surface area contributed by atoms with Gasteiger partial charge in [-0.05, 0) is 75.9 Å². The summed E-state index contributed by atoms with van der Waals surface area (Å²) < 4.78 is 4.78. The van der Waals surface area contributed by atoms with Crippen molar-refractivity contribution in [1.82, 2.24) is 9.13 Å². The third-order valence-corrected chi connectivity index (χ3v) is 9.88. The van der Waals surface area contributed by atoms with Crippen LogP contribution in [-0.4, -0.2) is 9.13 Å². The first-order chi connectivity index (χ1) is 24.8. The average Bonchev–Trinajstić information content (AvgIpc) is 3.69. The second kappa shape index (κ2) is 12.5. The molecule has 2 heterocycles. The van der Waals surface area contributed by atoms with Gasteiger partial charge in [-0.2, -0.15) is 0 Å². The number of para-hydroxylation sites is 3. The van der Waals surface area contributed by atoms with Gasteiger partial charge >= 0.3 is 0 Å². The highest BCUT2D eigenvalue weighted by molar-refractivity contribution is 6.12. The molecule has 3 nitrogen and oxygen atoms in total. The van der Waals surface area contributed by atoms with Crippen LogP contribution in [0.5, 0.6) is 0 Å². The highest BCUT2D eigenvalue weighted by Crippen LogP contribution is 2.37. The van der Waals surface area contributed by atoms with Gasteiger partial charge in [0.15, 0.2) is 0 Å². The Bertz CT molecular complexity index is 2710. The van der Waals surface area contributed by atoms with E-state index in [-0.39, 0.29) is 0 Å². The summed E-state index contributed by atoms with van der Waals surface area (Å²) >= 11 is 0. The maximum Gasteiger partial charge on any atom is 0.0547 e. The lowest BCUT2D eigenvalue weighted by atomic mass is 10.0. The molecule has 0 saturated carbocycles. The molecule has 0 atom stereocenters. The molecule has 0 aliphatic rings. The fourth-order valence-corrected chi connectivity index (χ4v) is 7.45. The molecular weight excluding hydrogens is 607 g/mol. The summed E-state index contributed by atoms with van der Waals surface area (Å²) in [7, 11) is 0. The molecule has 7 aromatic carbocycles. The van der Waals surface area contributed by atoms with Gasteiger partial charge in [-0.3, -0.25) is 0 Å². The highest BCUT2D eigenvalue weighted by Gasteiger charge is 2.15. The Balaban J connectivity index is 1.07. The number of nitrogens with two attached hydrogens (primary N) is 1. The number of nitrogens with zero attached hydrogens (tertiary/aromatic N) is 2. The number of aromatic nitrogens is 2. The number of allylic oxidation sites excluding steroid dienone is 3. The molecule has 3 heteroatoms. The van der Waals surface area contributed by atoms with Gasteiger partial charge in [-0.15, -0.1) is 0 Å². The fourth-order valence-electron chi connectivity index (χ4n) is 7.45. The minimum absolute atomic E-state index is 0.728. The van der Waals surface area contributed by atoms with Crippen LogP contribution in [0.25, 0.3) is 77.1 Å². The van der Waals surface area contributed by atoms with Crippen molar-refractivity contribution in [2.24, 2.45) is 5.73 Å². The quantitative estimate of drug-likeness (QED) is 0.173. The van der Waals surface area contributed by atoms with E-state index < -0.39 is 0 Å². The van der Waals surface area contributed by atoms with E-state index in [1.165, 1.54) is 71.6 Å². The van der Waals surface area contributed by atoms with E-state index in [4.69, 9.17) is 5.73 Å². The van der Waals surface area contributed by atoms with Gasteiger partial charge in [0.05, 0.1) is 11.0 Å². The van der Waals surface area contributed by atoms with Gasteiger partial charge in [0.2, 0.25) is 0 Å². The summed E-state index contributed by atoms with van der Waals surface area (Å²) in [5, 5.41) is 5.03. The summed E-state index contributed by atoms with van der Waals surface area (Å²) in [6, 6.07) is 60.9. The molecule has 0 unspecified atom stereocenters. The zero-order valence-electron chi connectivity index (χ0n) is 27.6. The second-order valence-electron chi connectivity index (χ2n) is 12.7. The van der Waals surface area contributed by atoms with Gasteiger partial charge in [-0.1, -0.05) is 140 Å². The first kappa shape index (κ1) is 29.6. The van der Waals surface area contributed by atoms with Crippen LogP contribution in [0, 0.1) is 0 Å². The third kappa shape index (κ3) is 5.08. The molecule has 50 heavy (non-hydrogen) atoms. The van der Waals surface area contributed by atoms with Gasteiger partial charge < -0.3 is 14.9 Å². The van der Waals surface area contributed by atoms with Crippen LogP contribution in [0.4, 0.5) is 0 Å². The predicted octanol–water partition coefficient (Wildman–Crippen LogP) is 11.8. The predicted molar refractivity (Wildman–Crippen MR) is 212 cm³/mol. The summed E-state index contributed by atoms with van der Waals surface area (Å²) in [6.45, 7) is 0.728. The summed E-state index contributed by atoms with van der Waals surface area (Å²) in [6.07, 6.45) is 6.04. The van der Waals surface area contributed by atoms with Crippen LogP contribution in [0.1, 0.15) is 5.56 Å². The first-order valence-corrected chi connectivity index (χ1v) is 17.1. The number of benzene rings is 7. The molecule has 2 N–H and O–H groups in total. The molecular formula is C47H35N3. The van der Waals surface area contributed by atoms with Gasteiger partial charge in [0, 0.05) is 51.0 Å². The van der Waals surface area contributed by atoms with E-state index in [1.807, 2.05) is 6.07 Å². The number of hydrogen-bond donors (Lipinski definition) is 1. The SMILES string of the molecule is N/C=C(\C=C/Cn1c2ccccc2c2cc(-c3ccc4c5ccccc5n(-c5ccccc5)c4c3)ccc21)c1ccc(-c2ccccc2)cc1. The maximum absolute atomic E-state index is 6.14. The van der Waals surface area contributed by atoms with Crippen molar-refractivity contribution in [2.45, 2.75) is 6.54 Å². The number of hydrogen-bond acceptors (Lipinski definition) is 1. The maximum atomic E-state index is 6.14. The van der Waals surface area contributed by atoms with Crippen molar-refractivity contribution in [3.63, 3.8) is 0 Å².